The first-order valence-corrected chi connectivity index (χ1v) is 7.63. The van der Waals surface area contributed by atoms with Crippen LogP contribution in [0.3, 0.4) is 0 Å². The van der Waals surface area contributed by atoms with Gasteiger partial charge in [0.2, 0.25) is 0 Å². The van der Waals surface area contributed by atoms with Crippen LogP contribution in [0.1, 0.15) is 15.9 Å². The van der Waals surface area contributed by atoms with Gasteiger partial charge in [0.1, 0.15) is 11.5 Å². The Kier molecular flexibility index (Phi) is 4.65. The summed E-state index contributed by atoms with van der Waals surface area (Å²) in [5.74, 6) is 0.902. The van der Waals surface area contributed by atoms with Gasteiger partial charge in [0, 0.05) is 17.8 Å². The number of methoxy groups -OCH3 is 1. The summed E-state index contributed by atoms with van der Waals surface area (Å²) < 4.78 is 10.5. The molecule has 1 aliphatic heterocycles. The van der Waals surface area contributed by atoms with Crippen LogP contribution in [0.2, 0.25) is 0 Å². The molecule has 0 atom stereocenters. The molecule has 1 heterocycles. The predicted octanol–water partition coefficient (Wildman–Crippen LogP) is 2.00. The van der Waals surface area contributed by atoms with Gasteiger partial charge in [0.15, 0.2) is 6.61 Å². The van der Waals surface area contributed by atoms with E-state index < -0.39 is 0 Å². The lowest BCUT2D eigenvalue weighted by atomic mass is 10.00. The molecule has 0 spiro atoms. The lowest BCUT2D eigenvalue weighted by Gasteiger charge is -2.17. The molecule has 2 aromatic carbocycles. The van der Waals surface area contributed by atoms with Gasteiger partial charge in [-0.1, -0.05) is 6.07 Å². The van der Waals surface area contributed by atoms with Crippen molar-refractivity contribution >= 4 is 17.5 Å². The number of anilines is 1. The lowest BCUT2D eigenvalue weighted by molar-refractivity contribution is -0.118. The number of benzene rings is 2. The highest BCUT2D eigenvalue weighted by molar-refractivity contribution is 5.99. The smallest absolute Gasteiger partial charge is 0.262 e. The first-order chi connectivity index (χ1) is 11.7. The topological polar surface area (TPSA) is 76.7 Å². The van der Waals surface area contributed by atoms with Gasteiger partial charge >= 0.3 is 0 Å². The van der Waals surface area contributed by atoms with E-state index in [4.69, 9.17) is 9.47 Å². The first kappa shape index (κ1) is 15.9. The number of hydrogen-bond acceptors (Lipinski definition) is 4. The molecule has 0 aromatic heterocycles. The molecule has 124 valence electrons. The van der Waals surface area contributed by atoms with E-state index in [0.717, 1.165) is 17.7 Å². The fourth-order valence-electron chi connectivity index (χ4n) is 2.51. The van der Waals surface area contributed by atoms with Gasteiger partial charge < -0.3 is 20.1 Å². The van der Waals surface area contributed by atoms with Crippen molar-refractivity contribution in [2.24, 2.45) is 0 Å². The maximum absolute atomic E-state index is 12.0. The van der Waals surface area contributed by atoms with E-state index in [0.29, 0.717) is 23.5 Å². The molecular weight excluding hydrogens is 308 g/mol. The monoisotopic (exact) mass is 326 g/mol. The number of fused-ring (bicyclic) bond motifs is 1. The Hall–Kier alpha value is -3.02. The molecule has 0 aliphatic carbocycles. The van der Waals surface area contributed by atoms with Gasteiger partial charge in [-0.2, -0.15) is 0 Å². The molecule has 6 heteroatoms. The van der Waals surface area contributed by atoms with Crippen molar-refractivity contribution in [1.29, 1.82) is 0 Å². The number of rotatable bonds is 5. The van der Waals surface area contributed by atoms with E-state index in [1.807, 2.05) is 6.07 Å². The second-order valence-corrected chi connectivity index (χ2v) is 5.39. The number of carbonyl (C=O) groups excluding carboxylic acids is 2. The van der Waals surface area contributed by atoms with E-state index in [1.165, 1.54) is 0 Å². The molecule has 2 aromatic rings. The molecule has 2 amide bonds. The summed E-state index contributed by atoms with van der Waals surface area (Å²) in [6.45, 7) is 0.531. The van der Waals surface area contributed by atoms with Gasteiger partial charge in [-0.15, -0.1) is 0 Å². The van der Waals surface area contributed by atoms with Crippen LogP contribution in [0.15, 0.2) is 42.5 Å². The zero-order valence-electron chi connectivity index (χ0n) is 13.3. The van der Waals surface area contributed by atoms with Crippen LogP contribution in [0.25, 0.3) is 0 Å². The number of carbonyl (C=O) groups is 2. The zero-order chi connectivity index (χ0) is 16.9. The second-order valence-electron chi connectivity index (χ2n) is 5.39. The fraction of sp³-hybridized carbons (Fsp3) is 0.222. The largest absolute Gasteiger partial charge is 0.497 e. The summed E-state index contributed by atoms with van der Waals surface area (Å²) in [4.78, 5) is 23.8. The van der Waals surface area contributed by atoms with E-state index in [2.05, 4.69) is 10.6 Å². The van der Waals surface area contributed by atoms with Crippen LogP contribution in [0, 0.1) is 0 Å². The van der Waals surface area contributed by atoms with Crippen molar-refractivity contribution < 1.29 is 19.1 Å². The van der Waals surface area contributed by atoms with Gasteiger partial charge in [-0.3, -0.25) is 9.59 Å². The summed E-state index contributed by atoms with van der Waals surface area (Å²) >= 11 is 0. The Bertz CT molecular complexity index is 756. The molecular formula is C18H18N2O4. The molecule has 1 aliphatic rings. The Morgan fingerprint density at radius 2 is 1.92 bits per heavy atom. The minimum atomic E-state index is -0.290. The van der Waals surface area contributed by atoms with Crippen molar-refractivity contribution in [2.75, 3.05) is 25.6 Å². The first-order valence-electron chi connectivity index (χ1n) is 7.63. The highest BCUT2D eigenvalue weighted by Gasteiger charge is 2.17. The molecule has 0 radical (unpaired) electrons. The Morgan fingerprint density at radius 3 is 2.67 bits per heavy atom. The third-order valence-electron chi connectivity index (χ3n) is 3.75. The molecule has 2 N–H and O–H groups in total. The van der Waals surface area contributed by atoms with Crippen molar-refractivity contribution in [3.05, 3.63) is 53.6 Å². The van der Waals surface area contributed by atoms with Crippen molar-refractivity contribution in [3.63, 3.8) is 0 Å². The zero-order valence-corrected chi connectivity index (χ0v) is 13.3. The number of nitrogens with one attached hydrogen (secondary N) is 2. The normalized spacial score (nSPS) is 12.8. The third kappa shape index (κ3) is 3.65. The van der Waals surface area contributed by atoms with E-state index in [1.54, 1.807) is 43.5 Å². The summed E-state index contributed by atoms with van der Waals surface area (Å²) in [7, 11) is 1.59. The summed E-state index contributed by atoms with van der Waals surface area (Å²) in [6.07, 6.45) is 0.801. The van der Waals surface area contributed by atoms with Gasteiger partial charge in [0.25, 0.3) is 11.8 Å². The molecule has 0 bridgehead atoms. The van der Waals surface area contributed by atoms with Gasteiger partial charge in [0.05, 0.1) is 7.11 Å². The summed E-state index contributed by atoms with van der Waals surface area (Å²) in [5, 5.41) is 5.52. The molecule has 0 unspecified atom stereocenters. The number of hydrogen-bond donors (Lipinski definition) is 2. The van der Waals surface area contributed by atoms with Crippen LogP contribution < -0.4 is 20.1 Å². The van der Waals surface area contributed by atoms with E-state index in [9.17, 15) is 9.59 Å². The lowest BCUT2D eigenvalue weighted by Crippen LogP contribution is -2.32. The Morgan fingerprint density at radius 1 is 1.17 bits per heavy atom. The third-order valence-corrected chi connectivity index (χ3v) is 3.75. The highest BCUT2D eigenvalue weighted by Crippen LogP contribution is 2.20. The highest BCUT2D eigenvalue weighted by atomic mass is 16.5. The predicted molar refractivity (Wildman–Crippen MR) is 89.6 cm³/mol. The van der Waals surface area contributed by atoms with Crippen LogP contribution in [-0.2, 0) is 11.2 Å². The average Bonchev–Trinajstić information content (AvgIpc) is 2.61. The van der Waals surface area contributed by atoms with Crippen LogP contribution in [-0.4, -0.2) is 32.1 Å². The Labute approximate surface area is 139 Å². The number of ether oxygens (including phenoxy) is 2. The number of amides is 2. The van der Waals surface area contributed by atoms with Crippen LogP contribution in [0.4, 0.5) is 5.69 Å². The average molecular weight is 326 g/mol. The quantitative estimate of drug-likeness (QED) is 0.881. The SMILES string of the molecule is COc1ccc(OCC(=O)Nc2ccc3c(c2)C(=O)NCC3)cc1. The fourth-order valence-corrected chi connectivity index (χ4v) is 2.51. The maximum Gasteiger partial charge on any atom is 0.262 e. The van der Waals surface area contributed by atoms with E-state index in [-0.39, 0.29) is 18.4 Å². The van der Waals surface area contributed by atoms with Crippen molar-refractivity contribution in [3.8, 4) is 11.5 Å². The van der Waals surface area contributed by atoms with E-state index >= 15 is 0 Å². The van der Waals surface area contributed by atoms with Crippen LogP contribution >= 0.6 is 0 Å². The molecule has 24 heavy (non-hydrogen) atoms. The minimum absolute atomic E-state index is 0.109. The van der Waals surface area contributed by atoms with Crippen LogP contribution in [0.5, 0.6) is 11.5 Å². The standard InChI is InChI=1S/C18H18N2O4/c1-23-14-4-6-15(7-5-14)24-11-17(21)20-13-3-2-12-8-9-19-18(22)16(12)10-13/h2-7,10H,8-9,11H2,1H3,(H,19,22)(H,20,21). The van der Waals surface area contributed by atoms with Crippen molar-refractivity contribution in [1.82, 2.24) is 5.32 Å². The molecule has 0 fully saturated rings. The summed E-state index contributed by atoms with van der Waals surface area (Å²) in [5.41, 5.74) is 2.18. The molecule has 6 nitrogen and oxygen atoms in total. The Balaban J connectivity index is 1.58. The van der Waals surface area contributed by atoms with Gasteiger partial charge in [-0.25, -0.2) is 0 Å². The molecule has 0 saturated carbocycles. The minimum Gasteiger partial charge on any atom is -0.497 e. The van der Waals surface area contributed by atoms with Gasteiger partial charge in [-0.05, 0) is 48.4 Å². The van der Waals surface area contributed by atoms with Crippen molar-refractivity contribution in [2.45, 2.75) is 6.42 Å². The summed E-state index contributed by atoms with van der Waals surface area (Å²) in [6, 6.07) is 12.3. The molecule has 3 rings (SSSR count). The second kappa shape index (κ2) is 7.04. The maximum atomic E-state index is 12.0. The molecule has 0 saturated heterocycles.